The molecule has 4 fully saturated rings. The summed E-state index contributed by atoms with van der Waals surface area (Å²) in [5, 5.41) is 6.64. The number of benzene rings is 2. The number of carbonyl (C=O) groups is 2. The molecule has 8 nitrogen and oxygen atoms in total. The monoisotopic (exact) mass is 718 g/mol. The summed E-state index contributed by atoms with van der Waals surface area (Å²) in [6.07, 6.45) is 11.6. The minimum atomic E-state index is -0.747. The van der Waals surface area contributed by atoms with E-state index in [4.69, 9.17) is 4.74 Å². The van der Waals surface area contributed by atoms with E-state index in [0.717, 1.165) is 99.0 Å². The Hall–Kier alpha value is -2.59. The first-order valence-electron chi connectivity index (χ1n) is 19.9. The molecule has 3 unspecified atom stereocenters. The fourth-order valence-corrected chi connectivity index (χ4v) is 10.9. The molecule has 3 saturated heterocycles. The lowest BCUT2D eigenvalue weighted by atomic mass is 9.59. The van der Waals surface area contributed by atoms with Crippen molar-refractivity contribution in [1.82, 2.24) is 15.5 Å². The van der Waals surface area contributed by atoms with Crippen LogP contribution in [0.5, 0.6) is 0 Å². The highest BCUT2D eigenvalue weighted by Gasteiger charge is 2.50. The fourth-order valence-electron chi connectivity index (χ4n) is 9.62. The highest BCUT2D eigenvalue weighted by molar-refractivity contribution is 7.91. The van der Waals surface area contributed by atoms with E-state index in [0.29, 0.717) is 12.1 Å². The maximum atomic E-state index is 14.3. The predicted octanol–water partition coefficient (Wildman–Crippen LogP) is 6.85. The van der Waals surface area contributed by atoms with E-state index < -0.39 is 11.2 Å². The normalized spacial score (nSPS) is 27.5. The number of ether oxygens (including phenoxy) is 1. The van der Waals surface area contributed by atoms with Gasteiger partial charge in [0, 0.05) is 68.9 Å². The molecule has 280 valence electrons. The van der Waals surface area contributed by atoms with Crippen LogP contribution in [0.2, 0.25) is 0 Å². The molecule has 1 saturated carbocycles. The van der Waals surface area contributed by atoms with Crippen LogP contribution in [-0.2, 0) is 27.3 Å². The highest BCUT2D eigenvalue weighted by atomic mass is 32.2. The minimum absolute atomic E-state index is 0.0654. The van der Waals surface area contributed by atoms with Crippen LogP contribution in [0.15, 0.2) is 36.4 Å². The molecule has 4 aliphatic rings. The molecule has 2 N–H and O–H groups in total. The third-order valence-electron chi connectivity index (χ3n) is 13.0. The van der Waals surface area contributed by atoms with E-state index in [1.807, 2.05) is 6.07 Å². The van der Waals surface area contributed by atoms with Crippen LogP contribution in [-0.4, -0.2) is 84.2 Å². The molecule has 0 bridgehead atoms. The number of nitrogens with zero attached hydrogens (tertiary/aromatic N) is 2. The van der Waals surface area contributed by atoms with Gasteiger partial charge in [-0.05, 0) is 79.3 Å². The molecule has 51 heavy (non-hydrogen) atoms. The van der Waals surface area contributed by atoms with Gasteiger partial charge in [0.05, 0.1) is 19.1 Å². The maximum Gasteiger partial charge on any atom is 0.251 e. The van der Waals surface area contributed by atoms with Crippen LogP contribution in [0.25, 0.3) is 11.1 Å². The summed E-state index contributed by atoms with van der Waals surface area (Å²) in [6.45, 7) is 14.2. The molecule has 0 aromatic heterocycles. The van der Waals surface area contributed by atoms with E-state index in [2.05, 4.69) is 78.5 Å². The molecule has 2 aromatic rings. The van der Waals surface area contributed by atoms with Gasteiger partial charge in [0.25, 0.3) is 5.91 Å². The number of hydrogen-bond acceptors (Lipinski definition) is 6. The van der Waals surface area contributed by atoms with Crippen molar-refractivity contribution in [2.24, 2.45) is 17.3 Å². The number of anilines is 1. The van der Waals surface area contributed by atoms with Crippen LogP contribution in [0, 0.1) is 24.2 Å². The van der Waals surface area contributed by atoms with Gasteiger partial charge in [0.2, 0.25) is 5.91 Å². The Labute approximate surface area is 310 Å². The Balaban J connectivity index is 1.26. The fraction of sp³-hybridized carbons (Fsp3) is 0.667. The second-order valence-corrected chi connectivity index (χ2v) is 17.5. The molecule has 1 spiro atoms. The van der Waals surface area contributed by atoms with Crippen LogP contribution in [0.1, 0.15) is 106 Å². The predicted molar refractivity (Wildman–Crippen MR) is 209 cm³/mol. The van der Waals surface area contributed by atoms with Crippen molar-refractivity contribution in [3.63, 3.8) is 0 Å². The average Bonchev–Trinajstić information content (AvgIpc) is 3.26. The molecule has 3 atom stereocenters. The van der Waals surface area contributed by atoms with Crippen molar-refractivity contribution in [2.75, 3.05) is 55.8 Å². The van der Waals surface area contributed by atoms with E-state index in [1.165, 1.54) is 44.1 Å². The molecule has 9 heteroatoms. The smallest absolute Gasteiger partial charge is 0.251 e. The highest BCUT2D eigenvalue weighted by Crippen LogP contribution is 2.48. The Bertz CT molecular complexity index is 1460. The molecule has 3 heterocycles. The van der Waals surface area contributed by atoms with Crippen molar-refractivity contribution in [3.8, 4) is 11.1 Å². The molecule has 1 aliphatic carbocycles. The Morgan fingerprint density at radius 3 is 2.29 bits per heavy atom. The van der Waals surface area contributed by atoms with Crippen LogP contribution in [0.4, 0.5) is 5.69 Å². The van der Waals surface area contributed by atoms with Crippen LogP contribution < -0.4 is 15.5 Å². The molecule has 3 aliphatic heterocycles. The summed E-state index contributed by atoms with van der Waals surface area (Å²) >= 11 is -0.747. The van der Waals surface area contributed by atoms with E-state index >= 15 is 0 Å². The molecule has 6 rings (SSSR count). The number of amides is 2. The SMILES string of the molecule is CCN(c1cc(-c2ccc(CN3CCOCC3)cc2)cc(C(=O)NCC2C(=O)NC(C)C3(CCCCCCCC3)C2C)c1C)C1CC[S+]([O-])CC1. The van der Waals surface area contributed by atoms with Gasteiger partial charge in [-0.1, -0.05) is 80.9 Å². The number of rotatable bonds is 9. The molecule has 0 radical (unpaired) electrons. The minimum Gasteiger partial charge on any atom is -0.616 e. The van der Waals surface area contributed by atoms with Crippen LogP contribution in [0.3, 0.4) is 0 Å². The van der Waals surface area contributed by atoms with E-state index in [1.54, 1.807) is 0 Å². The lowest BCUT2D eigenvalue weighted by molar-refractivity contribution is -0.137. The number of nitrogens with one attached hydrogen (secondary N) is 2. The van der Waals surface area contributed by atoms with Gasteiger partial charge in [0.15, 0.2) is 0 Å². The zero-order chi connectivity index (χ0) is 36.0. The van der Waals surface area contributed by atoms with E-state index in [9.17, 15) is 14.1 Å². The largest absolute Gasteiger partial charge is 0.616 e. The van der Waals surface area contributed by atoms with Gasteiger partial charge in [-0.25, -0.2) is 0 Å². The first kappa shape index (κ1) is 38.1. The summed E-state index contributed by atoms with van der Waals surface area (Å²) in [5.41, 5.74) is 6.10. The third-order valence-corrected chi connectivity index (χ3v) is 14.3. The van der Waals surface area contributed by atoms with Gasteiger partial charge < -0.3 is 24.8 Å². The number of morpholine rings is 1. The van der Waals surface area contributed by atoms with Gasteiger partial charge in [-0.2, -0.15) is 0 Å². The lowest BCUT2D eigenvalue weighted by Gasteiger charge is -2.51. The maximum absolute atomic E-state index is 14.3. The van der Waals surface area contributed by atoms with Crippen molar-refractivity contribution in [2.45, 2.75) is 111 Å². The van der Waals surface area contributed by atoms with Gasteiger partial charge in [-0.3, -0.25) is 14.5 Å². The summed E-state index contributed by atoms with van der Waals surface area (Å²) in [7, 11) is 0. The van der Waals surface area contributed by atoms with Gasteiger partial charge >= 0.3 is 0 Å². The molecule has 2 amide bonds. The zero-order valence-corrected chi connectivity index (χ0v) is 32.5. The second kappa shape index (κ2) is 17.5. The van der Waals surface area contributed by atoms with Gasteiger partial charge in [0.1, 0.15) is 11.5 Å². The first-order chi connectivity index (χ1) is 24.7. The lowest BCUT2D eigenvalue weighted by Crippen LogP contribution is -2.61. The number of hydrogen-bond donors (Lipinski definition) is 2. The van der Waals surface area contributed by atoms with Crippen molar-refractivity contribution in [1.29, 1.82) is 0 Å². The summed E-state index contributed by atoms with van der Waals surface area (Å²) in [6, 6.07) is 13.5. The summed E-state index contributed by atoms with van der Waals surface area (Å²) in [4.78, 5) is 32.7. The van der Waals surface area contributed by atoms with Crippen molar-refractivity contribution >= 4 is 28.7 Å². The van der Waals surface area contributed by atoms with Crippen LogP contribution >= 0.6 is 0 Å². The Morgan fingerprint density at radius 1 is 1.00 bits per heavy atom. The van der Waals surface area contributed by atoms with E-state index in [-0.39, 0.29) is 41.1 Å². The Morgan fingerprint density at radius 2 is 1.65 bits per heavy atom. The zero-order valence-electron chi connectivity index (χ0n) is 31.6. The molecular formula is C42H62N4O4S. The third kappa shape index (κ3) is 8.80. The van der Waals surface area contributed by atoms with Crippen molar-refractivity contribution < 1.29 is 18.9 Å². The second-order valence-electron chi connectivity index (χ2n) is 15.8. The Kier molecular flexibility index (Phi) is 13.1. The van der Waals surface area contributed by atoms with Gasteiger partial charge in [-0.15, -0.1) is 0 Å². The molecular weight excluding hydrogens is 657 g/mol. The number of carbonyl (C=O) groups excluding carboxylic acids is 2. The topological polar surface area (TPSA) is 97.0 Å². The first-order valence-corrected chi connectivity index (χ1v) is 21.4. The summed E-state index contributed by atoms with van der Waals surface area (Å²) < 4.78 is 17.8. The standard InChI is InChI=1S/C42H62N4O4S/c1-5-46(36-16-24-51(49)25-17-36)39-27-35(34-14-12-33(13-15-34)29-45-20-22-50-23-21-45)26-37(30(39)2)40(47)43-28-38-31(3)42(32(4)44-41(38)48)18-10-8-6-7-9-11-19-42/h12-15,26-27,31-32,36,38H,5-11,16-25,28-29H2,1-4H3,(H,43,47)(H,44,48). The van der Waals surface area contributed by atoms with Crippen molar-refractivity contribution in [3.05, 3.63) is 53.1 Å². The average molecular weight is 719 g/mol. The molecule has 2 aromatic carbocycles. The quantitative estimate of drug-likeness (QED) is 0.276. The number of piperidine rings is 1. The summed E-state index contributed by atoms with van der Waals surface area (Å²) in [5.74, 6) is 1.31.